The van der Waals surface area contributed by atoms with Gasteiger partial charge in [-0.2, -0.15) is 26.3 Å². The van der Waals surface area contributed by atoms with Gasteiger partial charge in [0.05, 0.1) is 27.4 Å². The zero-order chi connectivity index (χ0) is 23.1. The fraction of sp³-hybridized carbons (Fsp3) is 0.200. The minimum Gasteiger partial charge on any atom is -0.347 e. The minimum atomic E-state index is -4.71. The number of benzene rings is 2. The number of aryl methyl sites for hydroxylation is 1. The van der Waals surface area contributed by atoms with Gasteiger partial charge in [-0.15, -0.1) is 0 Å². The maximum Gasteiger partial charge on any atom is 0.416 e. The number of carbonyl (C=O) groups is 1. The van der Waals surface area contributed by atoms with Gasteiger partial charge in [-0.3, -0.25) is 9.59 Å². The van der Waals surface area contributed by atoms with E-state index in [1.54, 1.807) is 6.92 Å². The molecule has 0 spiro atoms. The predicted molar refractivity (Wildman–Crippen MR) is 103 cm³/mol. The fourth-order valence-electron chi connectivity index (χ4n) is 2.98. The maximum absolute atomic E-state index is 13.1. The Labute approximate surface area is 176 Å². The van der Waals surface area contributed by atoms with Crippen molar-refractivity contribution >= 4 is 34.1 Å². The number of rotatable bonds is 3. The normalized spacial score (nSPS) is 12.3. The fourth-order valence-corrected chi connectivity index (χ4v) is 3.15. The lowest BCUT2D eigenvalue weighted by molar-refractivity contribution is -0.138. The van der Waals surface area contributed by atoms with Crippen molar-refractivity contribution in [1.82, 2.24) is 4.57 Å². The SMILES string of the molecule is CCn1cc(C(=O)Nc2cc(C(F)(F)F)ccc2Cl)c(=O)c2cc(C(F)(F)F)ccc21. The van der Waals surface area contributed by atoms with E-state index in [4.69, 9.17) is 11.6 Å². The number of carbonyl (C=O) groups excluding carboxylic acids is 1. The molecular formula is C20H13ClF6N2O2. The highest BCUT2D eigenvalue weighted by Crippen LogP contribution is 2.34. The van der Waals surface area contributed by atoms with Crippen LogP contribution in [0.25, 0.3) is 10.9 Å². The van der Waals surface area contributed by atoms with E-state index >= 15 is 0 Å². The first-order valence-electron chi connectivity index (χ1n) is 8.75. The molecule has 0 aliphatic heterocycles. The molecule has 2 aromatic carbocycles. The van der Waals surface area contributed by atoms with Gasteiger partial charge in [0.1, 0.15) is 5.56 Å². The molecule has 3 aromatic rings. The van der Waals surface area contributed by atoms with Crippen molar-refractivity contribution in [2.45, 2.75) is 25.8 Å². The molecule has 1 amide bonds. The van der Waals surface area contributed by atoms with Gasteiger partial charge in [0.25, 0.3) is 5.91 Å². The molecule has 0 aliphatic carbocycles. The molecule has 3 rings (SSSR count). The molecule has 0 atom stereocenters. The summed E-state index contributed by atoms with van der Waals surface area (Å²) >= 11 is 5.85. The molecule has 0 radical (unpaired) electrons. The average molecular weight is 463 g/mol. The number of fused-ring (bicyclic) bond motifs is 1. The number of anilines is 1. The molecule has 31 heavy (non-hydrogen) atoms. The van der Waals surface area contributed by atoms with Crippen LogP contribution in [0.15, 0.2) is 47.4 Å². The van der Waals surface area contributed by atoms with Crippen molar-refractivity contribution in [2.75, 3.05) is 5.32 Å². The van der Waals surface area contributed by atoms with Gasteiger partial charge in [-0.25, -0.2) is 0 Å². The van der Waals surface area contributed by atoms with E-state index in [1.807, 2.05) is 0 Å². The molecule has 11 heteroatoms. The van der Waals surface area contributed by atoms with Gasteiger partial charge in [0.2, 0.25) is 5.43 Å². The number of alkyl halides is 6. The van der Waals surface area contributed by atoms with Crippen molar-refractivity contribution in [1.29, 1.82) is 0 Å². The van der Waals surface area contributed by atoms with Gasteiger partial charge in [-0.1, -0.05) is 11.6 Å². The van der Waals surface area contributed by atoms with Crippen molar-refractivity contribution in [3.05, 3.63) is 74.5 Å². The molecule has 0 saturated heterocycles. The lowest BCUT2D eigenvalue weighted by atomic mass is 10.1. The van der Waals surface area contributed by atoms with Crippen LogP contribution in [0.1, 0.15) is 28.4 Å². The zero-order valence-corrected chi connectivity index (χ0v) is 16.4. The highest BCUT2D eigenvalue weighted by Gasteiger charge is 2.32. The van der Waals surface area contributed by atoms with Gasteiger partial charge in [0, 0.05) is 18.1 Å². The lowest BCUT2D eigenvalue weighted by Crippen LogP contribution is -2.24. The van der Waals surface area contributed by atoms with Gasteiger partial charge in [0.15, 0.2) is 0 Å². The Morgan fingerprint density at radius 3 is 2.16 bits per heavy atom. The summed E-state index contributed by atoms with van der Waals surface area (Å²) in [5.41, 5.74) is -3.90. The predicted octanol–water partition coefficient (Wildman–Crippen LogP) is 5.96. The summed E-state index contributed by atoms with van der Waals surface area (Å²) < 4.78 is 79.4. The first-order chi connectivity index (χ1) is 14.3. The Morgan fingerprint density at radius 1 is 1.00 bits per heavy atom. The maximum atomic E-state index is 13.1. The molecule has 0 bridgehead atoms. The number of pyridine rings is 1. The number of halogens is 7. The van der Waals surface area contributed by atoms with Crippen LogP contribution in [0.3, 0.4) is 0 Å². The van der Waals surface area contributed by atoms with E-state index in [2.05, 4.69) is 5.32 Å². The van der Waals surface area contributed by atoms with Crippen molar-refractivity contribution in [3.8, 4) is 0 Å². The van der Waals surface area contributed by atoms with Crippen LogP contribution < -0.4 is 10.7 Å². The second kappa shape index (κ2) is 7.92. The summed E-state index contributed by atoms with van der Waals surface area (Å²) in [6, 6.07) is 4.82. The molecule has 1 N–H and O–H groups in total. The van der Waals surface area contributed by atoms with Crippen LogP contribution in [0, 0.1) is 0 Å². The van der Waals surface area contributed by atoms with Crippen LogP contribution in [-0.4, -0.2) is 10.5 Å². The number of aromatic nitrogens is 1. The monoisotopic (exact) mass is 462 g/mol. The second-order valence-electron chi connectivity index (χ2n) is 6.53. The van der Waals surface area contributed by atoms with Gasteiger partial charge in [-0.05, 0) is 43.3 Å². The summed E-state index contributed by atoms with van der Waals surface area (Å²) in [6.07, 6.45) is -8.27. The first-order valence-corrected chi connectivity index (χ1v) is 9.13. The second-order valence-corrected chi connectivity index (χ2v) is 6.94. The average Bonchev–Trinajstić information content (AvgIpc) is 2.68. The molecule has 1 heterocycles. The number of hydrogen-bond donors (Lipinski definition) is 1. The van der Waals surface area contributed by atoms with E-state index in [1.165, 1.54) is 4.57 Å². The Bertz CT molecular complexity index is 1230. The molecule has 0 unspecified atom stereocenters. The van der Waals surface area contributed by atoms with Gasteiger partial charge >= 0.3 is 12.4 Å². The Morgan fingerprint density at radius 2 is 1.58 bits per heavy atom. The number of hydrogen-bond acceptors (Lipinski definition) is 2. The van der Waals surface area contributed by atoms with Gasteiger partial charge < -0.3 is 9.88 Å². The van der Waals surface area contributed by atoms with E-state index < -0.39 is 46.1 Å². The highest BCUT2D eigenvalue weighted by molar-refractivity contribution is 6.34. The molecule has 1 aromatic heterocycles. The van der Waals surface area contributed by atoms with Crippen LogP contribution in [0.5, 0.6) is 0 Å². The summed E-state index contributed by atoms with van der Waals surface area (Å²) in [7, 11) is 0. The Balaban J connectivity index is 2.11. The number of nitrogens with one attached hydrogen (secondary N) is 1. The molecule has 0 aliphatic rings. The summed E-state index contributed by atoms with van der Waals surface area (Å²) in [6.45, 7) is 1.86. The van der Waals surface area contributed by atoms with Crippen molar-refractivity contribution < 1.29 is 31.1 Å². The summed E-state index contributed by atoms with van der Waals surface area (Å²) in [4.78, 5) is 25.4. The Hall–Kier alpha value is -3.01. The lowest BCUT2D eigenvalue weighted by Gasteiger charge is -2.15. The molecule has 0 saturated carbocycles. The smallest absolute Gasteiger partial charge is 0.347 e. The molecule has 164 valence electrons. The zero-order valence-electron chi connectivity index (χ0n) is 15.7. The minimum absolute atomic E-state index is 0.175. The largest absolute Gasteiger partial charge is 0.416 e. The van der Waals surface area contributed by atoms with Crippen molar-refractivity contribution in [3.63, 3.8) is 0 Å². The molecule has 0 fully saturated rings. The van der Waals surface area contributed by atoms with E-state index in [9.17, 15) is 35.9 Å². The number of nitrogens with zero attached hydrogens (tertiary/aromatic N) is 1. The van der Waals surface area contributed by atoms with Crippen LogP contribution >= 0.6 is 11.6 Å². The van der Waals surface area contributed by atoms with Crippen LogP contribution in [0.4, 0.5) is 32.0 Å². The third-order valence-corrected chi connectivity index (χ3v) is 4.86. The first kappa shape index (κ1) is 22.7. The number of amides is 1. The summed E-state index contributed by atoms with van der Waals surface area (Å²) in [5, 5.41) is 1.58. The van der Waals surface area contributed by atoms with Crippen molar-refractivity contribution in [2.24, 2.45) is 0 Å². The quantitative estimate of drug-likeness (QED) is 0.488. The van der Waals surface area contributed by atoms with E-state index in [0.717, 1.165) is 30.5 Å². The van der Waals surface area contributed by atoms with E-state index in [0.29, 0.717) is 12.1 Å². The molecular weight excluding hydrogens is 450 g/mol. The van der Waals surface area contributed by atoms with Crippen LogP contribution in [0.2, 0.25) is 5.02 Å². The third kappa shape index (κ3) is 4.53. The van der Waals surface area contributed by atoms with Crippen LogP contribution in [-0.2, 0) is 18.9 Å². The summed E-state index contributed by atoms with van der Waals surface area (Å²) in [5.74, 6) is -1.10. The standard InChI is InChI=1S/C20H13ClF6N2O2/c1-2-29-9-13(17(30)12-7-10(19(22,23)24)4-6-16(12)29)18(31)28-15-8-11(20(25,26)27)3-5-14(15)21/h3-9H,2H2,1H3,(H,28,31). The third-order valence-electron chi connectivity index (χ3n) is 4.53. The highest BCUT2D eigenvalue weighted by atomic mass is 35.5. The molecule has 4 nitrogen and oxygen atoms in total. The Kier molecular flexibility index (Phi) is 5.79. The topological polar surface area (TPSA) is 51.1 Å². The van der Waals surface area contributed by atoms with E-state index in [-0.39, 0.29) is 22.5 Å².